The number of furan rings is 1. The van der Waals surface area contributed by atoms with E-state index < -0.39 is 0 Å². The molecule has 1 amide bonds. The minimum atomic E-state index is -0.226. The minimum absolute atomic E-state index is 0.226. The second-order valence-corrected chi connectivity index (χ2v) is 6.62. The summed E-state index contributed by atoms with van der Waals surface area (Å²) in [6.45, 7) is 0. The van der Waals surface area contributed by atoms with E-state index in [1.54, 1.807) is 37.8 Å². The monoisotopic (exact) mass is 383 g/mol. The molecule has 3 aromatic carbocycles. The van der Waals surface area contributed by atoms with Crippen molar-refractivity contribution in [1.29, 1.82) is 0 Å². The largest absolute Gasteiger partial charge is 0.495 e. The van der Waals surface area contributed by atoms with E-state index in [9.17, 15) is 4.79 Å². The quantitative estimate of drug-likeness (QED) is 0.472. The number of fused-ring (bicyclic) bond motifs is 3. The van der Waals surface area contributed by atoms with Gasteiger partial charge in [0, 0.05) is 40.5 Å². The standard InChI is InChI=1S/C23H17N3O3/c1-28-22-12-18-17-4-2-3-5-20(17)29-21(18)13-19(22)25-23(27)15-6-8-16(9-7-15)26-11-10-24-14-26/h2-14H,1H3,(H,25,27). The molecule has 0 spiro atoms. The Morgan fingerprint density at radius 2 is 1.86 bits per heavy atom. The average molecular weight is 383 g/mol. The van der Waals surface area contributed by atoms with Crippen LogP contribution in [0.4, 0.5) is 5.69 Å². The Labute approximate surface area is 166 Å². The van der Waals surface area contributed by atoms with Crippen LogP contribution in [0.5, 0.6) is 5.75 Å². The lowest BCUT2D eigenvalue weighted by atomic mass is 10.1. The first kappa shape index (κ1) is 17.1. The highest BCUT2D eigenvalue weighted by Gasteiger charge is 2.15. The number of benzene rings is 3. The van der Waals surface area contributed by atoms with Crippen molar-refractivity contribution in [2.45, 2.75) is 0 Å². The van der Waals surface area contributed by atoms with Gasteiger partial charge in [0.15, 0.2) is 0 Å². The number of amides is 1. The molecule has 0 radical (unpaired) electrons. The normalized spacial score (nSPS) is 11.1. The molecule has 142 valence electrons. The first-order valence-electron chi connectivity index (χ1n) is 9.12. The Bertz CT molecular complexity index is 1320. The highest BCUT2D eigenvalue weighted by atomic mass is 16.5. The highest BCUT2D eigenvalue weighted by Crippen LogP contribution is 2.36. The van der Waals surface area contributed by atoms with Crippen LogP contribution < -0.4 is 10.1 Å². The molecule has 2 aromatic heterocycles. The van der Waals surface area contributed by atoms with Gasteiger partial charge >= 0.3 is 0 Å². The molecule has 6 heteroatoms. The Hall–Kier alpha value is -4.06. The van der Waals surface area contributed by atoms with Crippen LogP contribution in [0.25, 0.3) is 27.6 Å². The first-order valence-corrected chi connectivity index (χ1v) is 9.12. The lowest BCUT2D eigenvalue weighted by molar-refractivity contribution is 0.102. The van der Waals surface area contributed by atoms with Crippen LogP contribution in [0.1, 0.15) is 10.4 Å². The molecule has 0 aliphatic carbocycles. The zero-order valence-corrected chi connectivity index (χ0v) is 15.6. The number of methoxy groups -OCH3 is 1. The summed E-state index contributed by atoms with van der Waals surface area (Å²) in [7, 11) is 1.58. The zero-order valence-electron chi connectivity index (χ0n) is 15.6. The van der Waals surface area contributed by atoms with Gasteiger partial charge in [-0.05, 0) is 36.4 Å². The number of hydrogen-bond donors (Lipinski definition) is 1. The molecule has 1 N–H and O–H groups in total. The molecule has 0 bridgehead atoms. The van der Waals surface area contributed by atoms with Crippen LogP contribution in [0.15, 0.2) is 83.8 Å². The molecule has 0 saturated carbocycles. The van der Waals surface area contributed by atoms with E-state index in [-0.39, 0.29) is 5.91 Å². The Balaban J connectivity index is 1.47. The molecular formula is C23H17N3O3. The van der Waals surface area contributed by atoms with Crippen LogP contribution in [-0.4, -0.2) is 22.6 Å². The molecular weight excluding hydrogens is 366 g/mol. The van der Waals surface area contributed by atoms with Crippen LogP contribution in [0.2, 0.25) is 0 Å². The SMILES string of the molecule is COc1cc2c(cc1NC(=O)c1ccc(-n3ccnc3)cc1)oc1ccccc12. The lowest BCUT2D eigenvalue weighted by Crippen LogP contribution is -2.12. The number of nitrogens with one attached hydrogen (secondary N) is 1. The molecule has 0 fully saturated rings. The summed E-state index contributed by atoms with van der Waals surface area (Å²) in [5, 5.41) is 4.88. The topological polar surface area (TPSA) is 69.3 Å². The van der Waals surface area contributed by atoms with Crippen molar-refractivity contribution < 1.29 is 13.9 Å². The molecule has 5 aromatic rings. The summed E-state index contributed by atoms with van der Waals surface area (Å²) >= 11 is 0. The number of para-hydroxylation sites is 1. The van der Waals surface area contributed by atoms with Crippen molar-refractivity contribution in [2.24, 2.45) is 0 Å². The fraction of sp³-hybridized carbons (Fsp3) is 0.0435. The van der Waals surface area contributed by atoms with Crippen molar-refractivity contribution >= 4 is 33.5 Å². The molecule has 0 saturated heterocycles. The van der Waals surface area contributed by atoms with E-state index in [0.717, 1.165) is 22.0 Å². The molecule has 2 heterocycles. The van der Waals surface area contributed by atoms with E-state index in [1.165, 1.54) is 0 Å². The van der Waals surface area contributed by atoms with Crippen molar-refractivity contribution in [2.75, 3.05) is 12.4 Å². The molecule has 0 aliphatic rings. The van der Waals surface area contributed by atoms with Gasteiger partial charge in [-0.2, -0.15) is 0 Å². The van der Waals surface area contributed by atoms with E-state index in [4.69, 9.17) is 9.15 Å². The van der Waals surface area contributed by atoms with Gasteiger partial charge in [0.1, 0.15) is 16.9 Å². The number of hydrogen-bond acceptors (Lipinski definition) is 4. The Morgan fingerprint density at radius 1 is 1.03 bits per heavy atom. The van der Waals surface area contributed by atoms with Gasteiger partial charge in [-0.1, -0.05) is 18.2 Å². The van der Waals surface area contributed by atoms with Crippen molar-refractivity contribution in [3.8, 4) is 11.4 Å². The average Bonchev–Trinajstić information content (AvgIpc) is 3.41. The third-order valence-electron chi connectivity index (χ3n) is 4.88. The number of imidazole rings is 1. The maximum absolute atomic E-state index is 12.8. The van der Waals surface area contributed by atoms with Crippen molar-refractivity contribution in [3.05, 3.63) is 84.9 Å². The third-order valence-corrected chi connectivity index (χ3v) is 4.88. The van der Waals surface area contributed by atoms with Crippen LogP contribution in [-0.2, 0) is 0 Å². The minimum Gasteiger partial charge on any atom is -0.495 e. The van der Waals surface area contributed by atoms with Gasteiger partial charge < -0.3 is 19.0 Å². The van der Waals surface area contributed by atoms with Crippen LogP contribution in [0, 0.1) is 0 Å². The summed E-state index contributed by atoms with van der Waals surface area (Å²) in [6, 6.07) is 18.8. The third kappa shape index (κ3) is 3.00. The predicted molar refractivity (Wildman–Crippen MR) is 112 cm³/mol. The van der Waals surface area contributed by atoms with Gasteiger partial charge in [0.2, 0.25) is 0 Å². The van der Waals surface area contributed by atoms with E-state index >= 15 is 0 Å². The zero-order chi connectivity index (χ0) is 19.8. The first-order chi connectivity index (χ1) is 14.2. The maximum atomic E-state index is 12.8. The number of anilines is 1. The lowest BCUT2D eigenvalue weighted by Gasteiger charge is -2.11. The molecule has 6 nitrogen and oxygen atoms in total. The molecule has 29 heavy (non-hydrogen) atoms. The number of aromatic nitrogens is 2. The van der Waals surface area contributed by atoms with Gasteiger partial charge in [0.05, 0.1) is 19.1 Å². The summed E-state index contributed by atoms with van der Waals surface area (Å²) in [4.78, 5) is 16.8. The van der Waals surface area contributed by atoms with Gasteiger partial charge in [0.25, 0.3) is 5.91 Å². The van der Waals surface area contributed by atoms with Gasteiger partial charge in [-0.15, -0.1) is 0 Å². The summed E-state index contributed by atoms with van der Waals surface area (Å²) in [5.41, 5.74) is 3.52. The fourth-order valence-electron chi connectivity index (χ4n) is 3.41. The second-order valence-electron chi connectivity index (χ2n) is 6.62. The van der Waals surface area contributed by atoms with E-state index in [2.05, 4.69) is 10.3 Å². The fourth-order valence-corrected chi connectivity index (χ4v) is 3.41. The number of carbonyl (C=O) groups is 1. The predicted octanol–water partition coefficient (Wildman–Crippen LogP) is 5.03. The summed E-state index contributed by atoms with van der Waals surface area (Å²) < 4.78 is 13.3. The Kier molecular flexibility index (Phi) is 4.02. The van der Waals surface area contributed by atoms with Crippen molar-refractivity contribution in [1.82, 2.24) is 9.55 Å². The number of nitrogens with zero attached hydrogens (tertiary/aromatic N) is 2. The van der Waals surface area contributed by atoms with Crippen molar-refractivity contribution in [3.63, 3.8) is 0 Å². The summed E-state index contributed by atoms with van der Waals surface area (Å²) in [5.74, 6) is 0.350. The van der Waals surface area contributed by atoms with Crippen LogP contribution in [0.3, 0.4) is 0 Å². The van der Waals surface area contributed by atoms with E-state index in [1.807, 2.05) is 53.2 Å². The second kappa shape index (κ2) is 6.83. The maximum Gasteiger partial charge on any atom is 0.255 e. The van der Waals surface area contributed by atoms with Crippen LogP contribution >= 0.6 is 0 Å². The highest BCUT2D eigenvalue weighted by molar-refractivity contribution is 6.10. The summed E-state index contributed by atoms with van der Waals surface area (Å²) in [6.07, 6.45) is 5.27. The number of ether oxygens (including phenoxy) is 1. The van der Waals surface area contributed by atoms with E-state index in [0.29, 0.717) is 22.6 Å². The molecule has 0 atom stereocenters. The number of carbonyl (C=O) groups excluding carboxylic acids is 1. The smallest absolute Gasteiger partial charge is 0.255 e. The van der Waals surface area contributed by atoms with Gasteiger partial charge in [-0.3, -0.25) is 4.79 Å². The molecule has 0 unspecified atom stereocenters. The Morgan fingerprint density at radius 3 is 2.62 bits per heavy atom. The van der Waals surface area contributed by atoms with Gasteiger partial charge in [-0.25, -0.2) is 4.98 Å². The number of rotatable bonds is 4. The molecule has 0 aliphatic heterocycles. The molecule has 5 rings (SSSR count).